The van der Waals surface area contributed by atoms with E-state index in [1.165, 1.54) is 27.4 Å². The maximum atomic E-state index is 12.7. The highest BCUT2D eigenvalue weighted by molar-refractivity contribution is 7.89. The Balaban J connectivity index is 2.23. The van der Waals surface area contributed by atoms with Crippen LogP contribution in [-0.2, 0) is 14.8 Å². The van der Waals surface area contributed by atoms with Gasteiger partial charge in [0.15, 0.2) is 0 Å². The molecule has 7 nitrogen and oxygen atoms in total. The van der Waals surface area contributed by atoms with Gasteiger partial charge in [0.2, 0.25) is 10.0 Å². The van der Waals surface area contributed by atoms with Crippen molar-refractivity contribution >= 4 is 10.0 Å². The van der Waals surface area contributed by atoms with Crippen molar-refractivity contribution in [1.82, 2.24) is 4.72 Å². The number of hydrogen-bond donors (Lipinski definition) is 1. The standard InChI is InChI=1S/C18H23NO6S/c1-22-14-7-5-6-13(10-14)17(25-4)12-19-26(20,21)18-11-15(23-2)8-9-16(18)24-3/h5-11,17,19H,12H2,1-4H3. The normalized spacial score (nSPS) is 12.5. The summed E-state index contributed by atoms with van der Waals surface area (Å²) in [4.78, 5) is -0.000143. The zero-order chi connectivity index (χ0) is 19.2. The van der Waals surface area contributed by atoms with Crippen LogP contribution >= 0.6 is 0 Å². The monoisotopic (exact) mass is 381 g/mol. The van der Waals surface area contributed by atoms with Gasteiger partial charge in [-0.15, -0.1) is 0 Å². The molecule has 1 unspecified atom stereocenters. The lowest BCUT2D eigenvalue weighted by Crippen LogP contribution is -2.29. The summed E-state index contributed by atoms with van der Waals surface area (Å²) in [6.45, 7) is 0.0480. The Hall–Kier alpha value is -2.29. The minimum absolute atomic E-state index is 0.000143. The van der Waals surface area contributed by atoms with Crippen LogP contribution in [0.3, 0.4) is 0 Å². The second-order valence-electron chi connectivity index (χ2n) is 5.37. The molecule has 26 heavy (non-hydrogen) atoms. The molecule has 142 valence electrons. The largest absolute Gasteiger partial charge is 0.497 e. The van der Waals surface area contributed by atoms with Crippen molar-refractivity contribution in [2.75, 3.05) is 35.0 Å². The van der Waals surface area contributed by atoms with Gasteiger partial charge in [-0.25, -0.2) is 13.1 Å². The summed E-state index contributed by atoms with van der Waals surface area (Å²) in [5.74, 6) is 1.32. The van der Waals surface area contributed by atoms with Gasteiger partial charge >= 0.3 is 0 Å². The summed E-state index contributed by atoms with van der Waals surface area (Å²) in [6, 6.07) is 11.9. The second-order valence-corrected chi connectivity index (χ2v) is 7.11. The Morgan fingerprint density at radius 2 is 1.62 bits per heavy atom. The molecule has 0 bridgehead atoms. The molecule has 0 amide bonds. The first-order chi connectivity index (χ1) is 12.4. The molecule has 8 heteroatoms. The van der Waals surface area contributed by atoms with Gasteiger partial charge in [0, 0.05) is 19.7 Å². The van der Waals surface area contributed by atoms with Gasteiger partial charge in [-0.2, -0.15) is 0 Å². The van der Waals surface area contributed by atoms with Crippen LogP contribution in [0.4, 0.5) is 0 Å². The van der Waals surface area contributed by atoms with E-state index < -0.39 is 16.1 Å². The molecule has 0 saturated carbocycles. The van der Waals surface area contributed by atoms with Gasteiger partial charge < -0.3 is 18.9 Å². The maximum Gasteiger partial charge on any atom is 0.244 e. The first kappa shape index (κ1) is 20.0. The van der Waals surface area contributed by atoms with Crippen LogP contribution < -0.4 is 18.9 Å². The van der Waals surface area contributed by atoms with E-state index in [4.69, 9.17) is 18.9 Å². The summed E-state index contributed by atoms with van der Waals surface area (Å²) in [6.07, 6.45) is -0.475. The van der Waals surface area contributed by atoms with E-state index in [2.05, 4.69) is 4.72 Å². The van der Waals surface area contributed by atoms with Crippen molar-refractivity contribution in [3.63, 3.8) is 0 Å². The fourth-order valence-electron chi connectivity index (χ4n) is 2.44. The molecule has 0 heterocycles. The molecule has 2 rings (SSSR count). The quantitative estimate of drug-likeness (QED) is 0.718. The smallest absolute Gasteiger partial charge is 0.244 e. The third-order valence-electron chi connectivity index (χ3n) is 3.87. The number of sulfonamides is 1. The van der Waals surface area contributed by atoms with E-state index in [1.807, 2.05) is 18.2 Å². The number of ether oxygens (including phenoxy) is 4. The molecule has 0 aliphatic rings. The molecule has 0 fully saturated rings. The average Bonchev–Trinajstić information content (AvgIpc) is 2.68. The van der Waals surface area contributed by atoms with E-state index in [-0.39, 0.29) is 17.2 Å². The Morgan fingerprint density at radius 1 is 0.923 bits per heavy atom. The van der Waals surface area contributed by atoms with Crippen LogP contribution in [0, 0.1) is 0 Å². The van der Waals surface area contributed by atoms with Crippen LogP contribution in [0.1, 0.15) is 11.7 Å². The molecule has 2 aromatic rings. The topological polar surface area (TPSA) is 83.1 Å². The molecular formula is C18H23NO6S. The minimum atomic E-state index is -3.83. The predicted octanol–water partition coefficient (Wildman–Crippen LogP) is 2.38. The lowest BCUT2D eigenvalue weighted by Gasteiger charge is -2.18. The number of benzene rings is 2. The van der Waals surface area contributed by atoms with Crippen molar-refractivity contribution in [1.29, 1.82) is 0 Å². The average molecular weight is 381 g/mol. The zero-order valence-electron chi connectivity index (χ0n) is 15.2. The molecule has 1 atom stereocenters. The molecule has 0 spiro atoms. The third-order valence-corrected chi connectivity index (χ3v) is 5.31. The van der Waals surface area contributed by atoms with Gasteiger partial charge in [0.05, 0.1) is 27.4 Å². The van der Waals surface area contributed by atoms with Crippen LogP contribution in [0.2, 0.25) is 0 Å². The Labute approximate surface area is 153 Å². The van der Waals surface area contributed by atoms with Crippen LogP contribution in [0.5, 0.6) is 17.2 Å². The van der Waals surface area contributed by atoms with Gasteiger partial charge in [0.1, 0.15) is 22.1 Å². The van der Waals surface area contributed by atoms with Crippen molar-refractivity contribution in [3.8, 4) is 17.2 Å². The van der Waals surface area contributed by atoms with Crippen molar-refractivity contribution in [2.24, 2.45) is 0 Å². The molecular weight excluding hydrogens is 358 g/mol. The lowest BCUT2D eigenvalue weighted by atomic mass is 10.1. The molecule has 0 radical (unpaired) electrons. The van der Waals surface area contributed by atoms with Crippen molar-refractivity contribution in [2.45, 2.75) is 11.0 Å². The molecule has 0 aliphatic carbocycles. The first-order valence-electron chi connectivity index (χ1n) is 7.83. The molecule has 2 aromatic carbocycles. The summed E-state index contributed by atoms with van der Waals surface area (Å²) in [5.41, 5.74) is 0.798. The summed E-state index contributed by atoms with van der Waals surface area (Å²) in [7, 11) is 2.14. The highest BCUT2D eigenvalue weighted by atomic mass is 32.2. The van der Waals surface area contributed by atoms with Gasteiger partial charge in [0.25, 0.3) is 0 Å². The maximum absolute atomic E-state index is 12.7. The fourth-order valence-corrected chi connectivity index (χ4v) is 3.65. The van der Waals surface area contributed by atoms with E-state index in [0.29, 0.717) is 11.5 Å². The number of nitrogens with one attached hydrogen (secondary N) is 1. The molecule has 0 saturated heterocycles. The zero-order valence-corrected chi connectivity index (χ0v) is 16.0. The Bertz CT molecular complexity index is 837. The van der Waals surface area contributed by atoms with Gasteiger partial charge in [-0.05, 0) is 29.8 Å². The lowest BCUT2D eigenvalue weighted by molar-refractivity contribution is 0.107. The predicted molar refractivity (Wildman–Crippen MR) is 97.5 cm³/mol. The minimum Gasteiger partial charge on any atom is -0.497 e. The Morgan fingerprint density at radius 3 is 2.23 bits per heavy atom. The highest BCUT2D eigenvalue weighted by Crippen LogP contribution is 2.28. The van der Waals surface area contributed by atoms with Crippen LogP contribution in [-0.4, -0.2) is 43.4 Å². The van der Waals surface area contributed by atoms with Crippen molar-refractivity contribution in [3.05, 3.63) is 48.0 Å². The van der Waals surface area contributed by atoms with E-state index >= 15 is 0 Å². The number of rotatable bonds is 9. The summed E-state index contributed by atoms with van der Waals surface area (Å²) < 4.78 is 48.9. The first-order valence-corrected chi connectivity index (χ1v) is 9.32. The third kappa shape index (κ3) is 4.66. The number of hydrogen-bond acceptors (Lipinski definition) is 6. The second kappa shape index (κ2) is 8.88. The Kier molecular flexibility index (Phi) is 6.84. The fraction of sp³-hybridized carbons (Fsp3) is 0.333. The van der Waals surface area contributed by atoms with E-state index in [0.717, 1.165) is 5.56 Å². The molecule has 0 aromatic heterocycles. The summed E-state index contributed by atoms with van der Waals surface area (Å²) in [5, 5.41) is 0. The van der Waals surface area contributed by atoms with Gasteiger partial charge in [-0.1, -0.05) is 12.1 Å². The molecule has 0 aliphatic heterocycles. The van der Waals surface area contributed by atoms with Gasteiger partial charge in [-0.3, -0.25) is 0 Å². The molecule has 1 N–H and O–H groups in total. The SMILES string of the molecule is COc1cccc(C(CNS(=O)(=O)c2cc(OC)ccc2OC)OC)c1. The van der Waals surface area contributed by atoms with Crippen LogP contribution in [0.25, 0.3) is 0 Å². The van der Waals surface area contributed by atoms with E-state index in [9.17, 15) is 8.42 Å². The van der Waals surface area contributed by atoms with Crippen LogP contribution in [0.15, 0.2) is 47.4 Å². The van der Waals surface area contributed by atoms with Crippen molar-refractivity contribution < 1.29 is 27.4 Å². The highest BCUT2D eigenvalue weighted by Gasteiger charge is 2.22. The summed E-state index contributed by atoms with van der Waals surface area (Å²) >= 11 is 0. The van der Waals surface area contributed by atoms with E-state index in [1.54, 1.807) is 25.3 Å². The number of methoxy groups -OCH3 is 4.